The van der Waals surface area contributed by atoms with Gasteiger partial charge < -0.3 is 9.73 Å². The van der Waals surface area contributed by atoms with Crippen molar-refractivity contribution in [1.82, 2.24) is 5.32 Å². The molecule has 26 heavy (non-hydrogen) atoms. The van der Waals surface area contributed by atoms with E-state index < -0.39 is 6.04 Å². The van der Waals surface area contributed by atoms with Gasteiger partial charge in [-0.05, 0) is 41.7 Å². The second-order valence-electron chi connectivity index (χ2n) is 7.00. The highest BCUT2D eigenvalue weighted by atomic mass is 35.5. The quantitative estimate of drug-likeness (QED) is 0.713. The Morgan fingerprint density at radius 2 is 1.81 bits per heavy atom. The van der Waals surface area contributed by atoms with Gasteiger partial charge in [-0.1, -0.05) is 49.7 Å². The minimum Gasteiger partial charge on any atom is -0.450 e. The van der Waals surface area contributed by atoms with Gasteiger partial charge in [-0.15, -0.1) is 0 Å². The minimum absolute atomic E-state index is 0.0853. The number of amides is 1. The fraction of sp³-hybridized carbons (Fsp3) is 0.238. The Kier molecular flexibility index (Phi) is 3.88. The van der Waals surface area contributed by atoms with Crippen molar-refractivity contribution in [3.63, 3.8) is 0 Å². The van der Waals surface area contributed by atoms with E-state index in [0.29, 0.717) is 27.5 Å². The molecule has 3 aromatic rings. The van der Waals surface area contributed by atoms with Gasteiger partial charge in [0.25, 0.3) is 5.91 Å². The number of benzene rings is 2. The van der Waals surface area contributed by atoms with Gasteiger partial charge in [-0.2, -0.15) is 0 Å². The molecule has 4 nitrogen and oxygen atoms in total. The van der Waals surface area contributed by atoms with Crippen molar-refractivity contribution in [2.24, 2.45) is 0 Å². The normalized spacial score (nSPS) is 16.2. The maximum atomic E-state index is 13.1. The van der Waals surface area contributed by atoms with Gasteiger partial charge in [0.2, 0.25) is 5.76 Å². The van der Waals surface area contributed by atoms with Crippen LogP contribution in [0.1, 0.15) is 58.6 Å². The van der Waals surface area contributed by atoms with Crippen LogP contribution in [0.15, 0.2) is 45.6 Å². The first kappa shape index (κ1) is 16.9. The zero-order valence-electron chi connectivity index (χ0n) is 14.7. The second-order valence-corrected chi connectivity index (χ2v) is 7.41. The van der Waals surface area contributed by atoms with Crippen LogP contribution in [0.4, 0.5) is 0 Å². The topological polar surface area (TPSA) is 59.3 Å². The van der Waals surface area contributed by atoms with E-state index in [1.165, 1.54) is 5.56 Å². The average molecular weight is 368 g/mol. The Balaban J connectivity index is 1.91. The molecular weight excluding hydrogens is 350 g/mol. The number of nitrogens with one attached hydrogen (secondary N) is 1. The van der Waals surface area contributed by atoms with Crippen molar-refractivity contribution in [2.75, 3.05) is 0 Å². The molecule has 0 bridgehead atoms. The molecule has 0 fully saturated rings. The molecule has 1 amide bonds. The second kappa shape index (κ2) is 5.99. The third-order valence-corrected chi connectivity index (χ3v) is 5.32. The van der Waals surface area contributed by atoms with Gasteiger partial charge in [0, 0.05) is 5.02 Å². The highest BCUT2D eigenvalue weighted by molar-refractivity contribution is 6.32. The molecular formula is C21H18ClNO3. The number of rotatable bonds is 2. The lowest BCUT2D eigenvalue weighted by Gasteiger charge is -2.13. The lowest BCUT2D eigenvalue weighted by atomic mass is 9.96. The smallest absolute Gasteiger partial charge is 0.288 e. The molecule has 2 aromatic carbocycles. The number of halogens is 1. The molecule has 0 radical (unpaired) electrons. The van der Waals surface area contributed by atoms with Gasteiger partial charge >= 0.3 is 0 Å². The monoisotopic (exact) mass is 367 g/mol. The Labute approximate surface area is 155 Å². The summed E-state index contributed by atoms with van der Waals surface area (Å²) < 4.78 is 5.78. The van der Waals surface area contributed by atoms with E-state index in [1.54, 1.807) is 12.1 Å². The molecule has 0 saturated heterocycles. The molecule has 1 atom stereocenters. The Hall–Kier alpha value is -2.59. The van der Waals surface area contributed by atoms with E-state index in [2.05, 4.69) is 19.2 Å². The average Bonchev–Trinajstić information content (AvgIpc) is 2.94. The molecule has 0 saturated carbocycles. The molecule has 4 rings (SSSR count). The van der Waals surface area contributed by atoms with E-state index in [0.717, 1.165) is 11.1 Å². The largest absolute Gasteiger partial charge is 0.450 e. The Morgan fingerprint density at radius 3 is 2.46 bits per heavy atom. The van der Waals surface area contributed by atoms with Crippen molar-refractivity contribution >= 4 is 28.5 Å². The number of hydrogen-bond donors (Lipinski definition) is 1. The van der Waals surface area contributed by atoms with Gasteiger partial charge in [-0.25, -0.2) is 0 Å². The predicted octanol–water partition coefficient (Wildman–Crippen LogP) is 4.71. The summed E-state index contributed by atoms with van der Waals surface area (Å²) >= 11 is 6.18. The van der Waals surface area contributed by atoms with Crippen LogP contribution in [0.3, 0.4) is 0 Å². The van der Waals surface area contributed by atoms with E-state index >= 15 is 0 Å². The van der Waals surface area contributed by atoms with E-state index in [4.69, 9.17) is 16.0 Å². The highest BCUT2D eigenvalue weighted by Gasteiger charge is 2.36. The Bertz CT molecular complexity index is 1100. The first-order valence-corrected chi connectivity index (χ1v) is 8.92. The highest BCUT2D eigenvalue weighted by Crippen LogP contribution is 2.32. The van der Waals surface area contributed by atoms with Crippen LogP contribution in [-0.4, -0.2) is 5.91 Å². The molecule has 0 aliphatic carbocycles. The zero-order chi connectivity index (χ0) is 18.6. The Morgan fingerprint density at radius 1 is 1.12 bits per heavy atom. The summed E-state index contributed by atoms with van der Waals surface area (Å²) in [6, 6.07) is 10.7. The fourth-order valence-electron chi connectivity index (χ4n) is 3.35. The van der Waals surface area contributed by atoms with Crippen molar-refractivity contribution in [1.29, 1.82) is 0 Å². The predicted molar refractivity (Wildman–Crippen MR) is 102 cm³/mol. The third-order valence-electron chi connectivity index (χ3n) is 4.91. The number of aryl methyl sites for hydroxylation is 1. The van der Waals surface area contributed by atoms with Crippen LogP contribution in [0.25, 0.3) is 11.0 Å². The molecule has 1 aliphatic heterocycles. The molecule has 1 N–H and O–H groups in total. The summed E-state index contributed by atoms with van der Waals surface area (Å²) in [6.07, 6.45) is 0. The van der Waals surface area contributed by atoms with Gasteiger partial charge in [0.1, 0.15) is 5.58 Å². The van der Waals surface area contributed by atoms with Gasteiger partial charge in [-0.3, -0.25) is 9.59 Å². The van der Waals surface area contributed by atoms with Crippen LogP contribution >= 0.6 is 11.6 Å². The van der Waals surface area contributed by atoms with Crippen molar-refractivity contribution < 1.29 is 9.21 Å². The van der Waals surface area contributed by atoms with Gasteiger partial charge in [0.05, 0.1) is 17.0 Å². The van der Waals surface area contributed by atoms with Crippen LogP contribution < -0.4 is 10.7 Å². The summed E-state index contributed by atoms with van der Waals surface area (Å²) in [5.41, 5.74) is 3.35. The summed E-state index contributed by atoms with van der Waals surface area (Å²) in [7, 11) is 0. The number of fused-ring (bicyclic) bond motifs is 2. The van der Waals surface area contributed by atoms with Crippen LogP contribution in [0.2, 0.25) is 5.02 Å². The summed E-state index contributed by atoms with van der Waals surface area (Å²) in [6.45, 7) is 6.07. The molecule has 132 valence electrons. The molecule has 2 heterocycles. The maximum absolute atomic E-state index is 13.1. The van der Waals surface area contributed by atoms with E-state index in [-0.39, 0.29) is 17.1 Å². The maximum Gasteiger partial charge on any atom is 0.288 e. The first-order valence-electron chi connectivity index (χ1n) is 8.54. The molecule has 0 spiro atoms. The van der Waals surface area contributed by atoms with Crippen LogP contribution in [0, 0.1) is 6.92 Å². The minimum atomic E-state index is -0.514. The zero-order valence-corrected chi connectivity index (χ0v) is 15.5. The summed E-state index contributed by atoms with van der Waals surface area (Å²) in [5, 5.41) is 3.75. The SMILES string of the molecule is Cc1cc2oc3c(c(=O)c2cc1Cl)C(c1ccc(C(C)C)cc1)NC3=O. The number of carbonyl (C=O) groups is 1. The standard InChI is InChI=1S/C21H18ClNO3/c1-10(2)12-4-6-13(7-5-12)18-17-19(24)14-9-15(22)11(3)8-16(14)26-20(17)21(25)23-18/h4-10,18H,1-3H3,(H,23,25). The molecule has 5 heteroatoms. The van der Waals surface area contributed by atoms with Crippen molar-refractivity contribution in [3.05, 3.63) is 79.7 Å². The summed E-state index contributed by atoms with van der Waals surface area (Å²) in [4.78, 5) is 25.5. The van der Waals surface area contributed by atoms with Crippen molar-refractivity contribution in [3.8, 4) is 0 Å². The van der Waals surface area contributed by atoms with Gasteiger partial charge in [0.15, 0.2) is 5.43 Å². The first-order chi connectivity index (χ1) is 12.4. The lowest BCUT2D eigenvalue weighted by molar-refractivity contribution is 0.0938. The molecule has 1 aliphatic rings. The number of hydrogen-bond acceptors (Lipinski definition) is 3. The van der Waals surface area contributed by atoms with Crippen LogP contribution in [0.5, 0.6) is 0 Å². The van der Waals surface area contributed by atoms with E-state index in [9.17, 15) is 9.59 Å². The third kappa shape index (κ3) is 2.53. The lowest BCUT2D eigenvalue weighted by Crippen LogP contribution is -2.21. The molecule has 1 unspecified atom stereocenters. The molecule has 1 aromatic heterocycles. The van der Waals surface area contributed by atoms with E-state index in [1.807, 2.05) is 31.2 Å². The van der Waals surface area contributed by atoms with Crippen molar-refractivity contribution in [2.45, 2.75) is 32.7 Å². The van der Waals surface area contributed by atoms with Crippen LogP contribution in [-0.2, 0) is 0 Å². The summed E-state index contributed by atoms with van der Waals surface area (Å²) in [5.74, 6) is 0.126. The fourth-order valence-corrected chi connectivity index (χ4v) is 3.52. The number of carbonyl (C=O) groups excluding carboxylic acids is 1.